The zero-order valence-electron chi connectivity index (χ0n) is 14.5. The normalized spacial score (nSPS) is 15.7. The van der Waals surface area contributed by atoms with Gasteiger partial charge in [-0.05, 0) is 22.8 Å². The van der Waals surface area contributed by atoms with Crippen LogP contribution in [0.4, 0.5) is 0 Å². The van der Waals surface area contributed by atoms with Gasteiger partial charge in [0.05, 0.1) is 13.2 Å². The molecule has 4 nitrogen and oxygen atoms in total. The lowest BCUT2D eigenvalue weighted by atomic mass is 10.1. The van der Waals surface area contributed by atoms with E-state index in [1.54, 1.807) is 0 Å². The first-order valence-corrected chi connectivity index (χ1v) is 9.03. The van der Waals surface area contributed by atoms with Gasteiger partial charge in [0, 0.05) is 49.8 Å². The molecule has 1 saturated heterocycles. The molecule has 0 amide bonds. The summed E-state index contributed by atoms with van der Waals surface area (Å²) in [5.41, 5.74) is 5.32. The molecule has 0 saturated carbocycles. The minimum atomic E-state index is 0.848. The number of fused-ring (bicyclic) bond motifs is 1. The minimum absolute atomic E-state index is 0.848. The number of para-hydroxylation sites is 1. The Morgan fingerprint density at radius 1 is 0.880 bits per heavy atom. The van der Waals surface area contributed by atoms with Gasteiger partial charge in [0.1, 0.15) is 0 Å². The largest absolute Gasteiger partial charge is 0.379 e. The first-order valence-electron chi connectivity index (χ1n) is 9.03. The van der Waals surface area contributed by atoms with Gasteiger partial charge >= 0.3 is 0 Å². The number of aromatic amines is 1. The van der Waals surface area contributed by atoms with Crippen molar-refractivity contribution in [2.24, 2.45) is 0 Å². The van der Waals surface area contributed by atoms with Crippen LogP contribution in [0.2, 0.25) is 0 Å². The number of morpholine rings is 1. The number of ether oxygens (including phenoxy) is 1. The van der Waals surface area contributed by atoms with Gasteiger partial charge in [0.25, 0.3) is 0 Å². The van der Waals surface area contributed by atoms with Crippen molar-refractivity contribution in [3.8, 4) is 0 Å². The van der Waals surface area contributed by atoms with E-state index in [9.17, 15) is 0 Å². The lowest BCUT2D eigenvalue weighted by Crippen LogP contribution is -2.36. The Kier molecular flexibility index (Phi) is 5.11. The smallest absolute Gasteiger partial charge is 0.0594 e. The van der Waals surface area contributed by atoms with Crippen LogP contribution in [0.15, 0.2) is 54.7 Å². The quantitative estimate of drug-likeness (QED) is 0.726. The van der Waals surface area contributed by atoms with Gasteiger partial charge in [0.2, 0.25) is 0 Å². The molecular formula is C21H25N3O. The summed E-state index contributed by atoms with van der Waals surface area (Å²) in [6.07, 6.45) is 2.11. The molecule has 3 aromatic rings. The van der Waals surface area contributed by atoms with E-state index in [2.05, 4.69) is 69.9 Å². The van der Waals surface area contributed by atoms with Crippen LogP contribution < -0.4 is 5.32 Å². The van der Waals surface area contributed by atoms with E-state index in [4.69, 9.17) is 4.74 Å². The molecule has 4 rings (SSSR count). The number of benzene rings is 2. The molecule has 4 heteroatoms. The standard InChI is InChI=1S/C21H25N3O/c1-2-6-18(16-24-9-11-25-12-10-24)17(5-1)13-22-14-19-15-23-21-8-4-3-7-20(19)21/h1-8,15,22-23H,9-14,16H2. The Morgan fingerprint density at radius 2 is 1.60 bits per heavy atom. The predicted molar refractivity (Wildman–Crippen MR) is 101 cm³/mol. The Morgan fingerprint density at radius 3 is 2.48 bits per heavy atom. The van der Waals surface area contributed by atoms with E-state index >= 15 is 0 Å². The molecule has 130 valence electrons. The molecule has 1 aromatic heterocycles. The van der Waals surface area contributed by atoms with Gasteiger partial charge in [-0.25, -0.2) is 0 Å². The monoisotopic (exact) mass is 335 g/mol. The highest BCUT2D eigenvalue weighted by Gasteiger charge is 2.12. The Bertz CT molecular complexity index is 821. The van der Waals surface area contributed by atoms with Gasteiger partial charge in [-0.2, -0.15) is 0 Å². The molecule has 1 fully saturated rings. The number of H-pyrrole nitrogens is 1. The summed E-state index contributed by atoms with van der Waals surface area (Å²) < 4.78 is 5.45. The fraction of sp³-hybridized carbons (Fsp3) is 0.333. The summed E-state index contributed by atoms with van der Waals surface area (Å²) >= 11 is 0. The number of hydrogen-bond acceptors (Lipinski definition) is 3. The van der Waals surface area contributed by atoms with Crippen LogP contribution in [-0.4, -0.2) is 36.2 Å². The lowest BCUT2D eigenvalue weighted by molar-refractivity contribution is 0.0340. The summed E-state index contributed by atoms with van der Waals surface area (Å²) in [6, 6.07) is 17.2. The number of hydrogen-bond donors (Lipinski definition) is 2. The maximum absolute atomic E-state index is 5.45. The molecular weight excluding hydrogens is 310 g/mol. The van der Waals surface area contributed by atoms with Crippen molar-refractivity contribution in [2.75, 3.05) is 26.3 Å². The summed E-state index contributed by atoms with van der Waals surface area (Å²) in [5.74, 6) is 0. The van der Waals surface area contributed by atoms with E-state index in [0.29, 0.717) is 0 Å². The van der Waals surface area contributed by atoms with Crippen molar-refractivity contribution >= 4 is 10.9 Å². The molecule has 2 aromatic carbocycles. The van der Waals surface area contributed by atoms with E-state index in [0.717, 1.165) is 45.9 Å². The van der Waals surface area contributed by atoms with Crippen molar-refractivity contribution in [1.29, 1.82) is 0 Å². The maximum atomic E-state index is 5.45. The Balaban J connectivity index is 1.39. The van der Waals surface area contributed by atoms with E-state index in [1.165, 1.54) is 27.6 Å². The topological polar surface area (TPSA) is 40.3 Å². The summed E-state index contributed by atoms with van der Waals surface area (Å²) in [6.45, 7) is 6.51. The molecule has 0 radical (unpaired) electrons. The Hall–Kier alpha value is -2.14. The second-order valence-electron chi connectivity index (χ2n) is 6.62. The first kappa shape index (κ1) is 16.3. The molecule has 25 heavy (non-hydrogen) atoms. The van der Waals surface area contributed by atoms with Gasteiger partial charge in [-0.3, -0.25) is 4.90 Å². The van der Waals surface area contributed by atoms with Crippen molar-refractivity contribution < 1.29 is 4.74 Å². The van der Waals surface area contributed by atoms with Crippen LogP contribution in [0.3, 0.4) is 0 Å². The fourth-order valence-corrected chi connectivity index (χ4v) is 3.49. The van der Waals surface area contributed by atoms with Crippen molar-refractivity contribution in [3.63, 3.8) is 0 Å². The molecule has 1 aliphatic rings. The second kappa shape index (κ2) is 7.83. The maximum Gasteiger partial charge on any atom is 0.0594 e. The highest BCUT2D eigenvalue weighted by atomic mass is 16.5. The van der Waals surface area contributed by atoms with Crippen LogP contribution in [0.1, 0.15) is 16.7 Å². The molecule has 1 aliphatic heterocycles. The molecule has 0 aliphatic carbocycles. The second-order valence-corrected chi connectivity index (χ2v) is 6.62. The van der Waals surface area contributed by atoms with Gasteiger partial charge in [-0.15, -0.1) is 0 Å². The zero-order chi connectivity index (χ0) is 16.9. The minimum Gasteiger partial charge on any atom is -0.379 e. The SMILES string of the molecule is c1ccc(CN2CCOCC2)c(CNCc2c[nH]c3ccccc23)c1. The molecule has 0 unspecified atom stereocenters. The van der Waals surface area contributed by atoms with Crippen LogP contribution in [0, 0.1) is 0 Å². The average molecular weight is 335 g/mol. The number of nitrogens with zero attached hydrogens (tertiary/aromatic N) is 1. The fourth-order valence-electron chi connectivity index (χ4n) is 3.49. The van der Waals surface area contributed by atoms with Crippen LogP contribution in [0.5, 0.6) is 0 Å². The molecule has 2 heterocycles. The number of nitrogens with one attached hydrogen (secondary N) is 2. The van der Waals surface area contributed by atoms with Crippen molar-refractivity contribution in [1.82, 2.24) is 15.2 Å². The summed E-state index contributed by atoms with van der Waals surface area (Å²) in [5, 5.41) is 4.91. The van der Waals surface area contributed by atoms with Crippen molar-refractivity contribution in [3.05, 3.63) is 71.4 Å². The van der Waals surface area contributed by atoms with Crippen LogP contribution in [0.25, 0.3) is 10.9 Å². The van der Waals surface area contributed by atoms with E-state index in [-0.39, 0.29) is 0 Å². The highest BCUT2D eigenvalue weighted by Crippen LogP contribution is 2.18. The lowest BCUT2D eigenvalue weighted by Gasteiger charge is -2.27. The molecule has 0 spiro atoms. The van der Waals surface area contributed by atoms with Gasteiger partial charge in [0.15, 0.2) is 0 Å². The number of rotatable bonds is 6. The zero-order valence-corrected chi connectivity index (χ0v) is 14.5. The van der Waals surface area contributed by atoms with E-state index < -0.39 is 0 Å². The van der Waals surface area contributed by atoms with Crippen LogP contribution in [-0.2, 0) is 24.4 Å². The van der Waals surface area contributed by atoms with Crippen molar-refractivity contribution in [2.45, 2.75) is 19.6 Å². The third-order valence-corrected chi connectivity index (χ3v) is 4.92. The predicted octanol–water partition coefficient (Wildman–Crippen LogP) is 3.29. The van der Waals surface area contributed by atoms with Crippen LogP contribution >= 0.6 is 0 Å². The third-order valence-electron chi connectivity index (χ3n) is 4.92. The summed E-state index contributed by atoms with van der Waals surface area (Å²) in [4.78, 5) is 5.82. The molecule has 0 atom stereocenters. The summed E-state index contributed by atoms with van der Waals surface area (Å²) in [7, 11) is 0. The number of aromatic nitrogens is 1. The molecule has 0 bridgehead atoms. The van der Waals surface area contributed by atoms with E-state index in [1.807, 2.05) is 0 Å². The highest BCUT2D eigenvalue weighted by molar-refractivity contribution is 5.82. The third kappa shape index (κ3) is 3.93. The van der Waals surface area contributed by atoms with Gasteiger partial charge < -0.3 is 15.0 Å². The average Bonchev–Trinajstić information content (AvgIpc) is 3.07. The Labute approximate surface area is 148 Å². The molecule has 2 N–H and O–H groups in total. The first-order chi connectivity index (χ1) is 12.4. The van der Waals surface area contributed by atoms with Gasteiger partial charge in [-0.1, -0.05) is 42.5 Å².